The predicted molar refractivity (Wildman–Crippen MR) is 106 cm³/mol. The first kappa shape index (κ1) is 17.7. The van der Waals surface area contributed by atoms with Crippen LogP contribution in [0.3, 0.4) is 0 Å². The summed E-state index contributed by atoms with van der Waals surface area (Å²) in [7, 11) is 0. The SMILES string of the molecule is O=C(NCc1nc2ccccc2n1CCC1CCCCC1)c1ccncc1. The summed E-state index contributed by atoms with van der Waals surface area (Å²) in [6, 6.07) is 11.7. The van der Waals surface area contributed by atoms with Crippen molar-refractivity contribution < 1.29 is 4.79 Å². The van der Waals surface area contributed by atoms with Crippen LogP contribution in [0.15, 0.2) is 48.8 Å². The third-order valence-electron chi connectivity index (χ3n) is 5.57. The van der Waals surface area contributed by atoms with Gasteiger partial charge in [-0.3, -0.25) is 9.78 Å². The summed E-state index contributed by atoms with van der Waals surface area (Å²) in [6.45, 7) is 1.39. The Balaban J connectivity index is 1.50. The highest BCUT2D eigenvalue weighted by atomic mass is 16.1. The fraction of sp³-hybridized carbons (Fsp3) is 0.409. The van der Waals surface area contributed by atoms with Crippen LogP contribution in [0.1, 0.15) is 54.7 Å². The molecule has 4 rings (SSSR count). The lowest BCUT2D eigenvalue weighted by atomic mass is 9.87. The van der Waals surface area contributed by atoms with E-state index in [-0.39, 0.29) is 5.91 Å². The molecule has 0 unspecified atom stereocenters. The number of fused-ring (bicyclic) bond motifs is 1. The molecule has 1 aliphatic carbocycles. The zero-order valence-electron chi connectivity index (χ0n) is 15.6. The van der Waals surface area contributed by atoms with Crippen molar-refractivity contribution in [3.63, 3.8) is 0 Å². The normalized spacial score (nSPS) is 15.1. The summed E-state index contributed by atoms with van der Waals surface area (Å²) in [5, 5.41) is 3.00. The first-order chi connectivity index (χ1) is 13.3. The van der Waals surface area contributed by atoms with Gasteiger partial charge in [0.15, 0.2) is 0 Å². The second-order valence-corrected chi connectivity index (χ2v) is 7.38. The largest absolute Gasteiger partial charge is 0.345 e. The smallest absolute Gasteiger partial charge is 0.251 e. The van der Waals surface area contributed by atoms with E-state index in [4.69, 9.17) is 4.98 Å². The Labute approximate surface area is 159 Å². The van der Waals surface area contributed by atoms with Crippen LogP contribution in [0.4, 0.5) is 0 Å². The average Bonchev–Trinajstić information content (AvgIpc) is 3.09. The van der Waals surface area contributed by atoms with Gasteiger partial charge in [0.1, 0.15) is 5.82 Å². The second-order valence-electron chi connectivity index (χ2n) is 7.38. The van der Waals surface area contributed by atoms with Crippen LogP contribution in [0.5, 0.6) is 0 Å². The molecule has 0 aliphatic heterocycles. The Bertz CT molecular complexity index is 897. The summed E-state index contributed by atoms with van der Waals surface area (Å²) in [4.78, 5) is 21.1. The molecule has 27 heavy (non-hydrogen) atoms. The van der Waals surface area contributed by atoms with Gasteiger partial charge in [0.05, 0.1) is 17.6 Å². The van der Waals surface area contributed by atoms with Crippen LogP contribution in [0.2, 0.25) is 0 Å². The fourth-order valence-corrected chi connectivity index (χ4v) is 4.06. The first-order valence-electron chi connectivity index (χ1n) is 9.93. The van der Waals surface area contributed by atoms with Gasteiger partial charge < -0.3 is 9.88 Å². The van der Waals surface area contributed by atoms with Gasteiger partial charge in [-0.25, -0.2) is 4.98 Å². The minimum absolute atomic E-state index is 0.0942. The molecule has 0 radical (unpaired) electrons. The highest BCUT2D eigenvalue weighted by Crippen LogP contribution is 2.27. The highest BCUT2D eigenvalue weighted by molar-refractivity contribution is 5.93. The topological polar surface area (TPSA) is 59.8 Å². The molecular weight excluding hydrogens is 336 g/mol. The van der Waals surface area contributed by atoms with Crippen molar-refractivity contribution in [3.05, 3.63) is 60.2 Å². The Morgan fingerprint density at radius 1 is 1.07 bits per heavy atom. The minimum atomic E-state index is -0.0942. The Morgan fingerprint density at radius 2 is 1.85 bits per heavy atom. The fourth-order valence-electron chi connectivity index (χ4n) is 4.06. The molecule has 1 fully saturated rings. The number of rotatable bonds is 6. The Hall–Kier alpha value is -2.69. The van der Waals surface area contributed by atoms with Crippen LogP contribution >= 0.6 is 0 Å². The van der Waals surface area contributed by atoms with Crippen molar-refractivity contribution in [1.82, 2.24) is 19.9 Å². The number of para-hydroxylation sites is 2. The molecule has 0 spiro atoms. The predicted octanol–water partition coefficient (Wildman–Crippen LogP) is 4.33. The van der Waals surface area contributed by atoms with Gasteiger partial charge in [0.2, 0.25) is 0 Å². The number of carbonyl (C=O) groups is 1. The second kappa shape index (κ2) is 8.33. The van der Waals surface area contributed by atoms with Gasteiger partial charge >= 0.3 is 0 Å². The number of nitrogens with one attached hydrogen (secondary N) is 1. The summed E-state index contributed by atoms with van der Waals surface area (Å²) < 4.78 is 2.29. The molecule has 2 aromatic heterocycles. The van der Waals surface area contributed by atoms with Gasteiger partial charge in [0, 0.05) is 24.5 Å². The number of benzene rings is 1. The van der Waals surface area contributed by atoms with E-state index in [1.54, 1.807) is 24.5 Å². The molecule has 140 valence electrons. The van der Waals surface area contributed by atoms with Crippen LogP contribution in [-0.4, -0.2) is 20.4 Å². The number of amides is 1. The number of hydrogen-bond donors (Lipinski definition) is 1. The lowest BCUT2D eigenvalue weighted by Crippen LogP contribution is -2.25. The number of pyridine rings is 1. The monoisotopic (exact) mass is 362 g/mol. The molecule has 1 amide bonds. The molecular formula is C22H26N4O. The highest BCUT2D eigenvalue weighted by Gasteiger charge is 2.16. The van der Waals surface area contributed by atoms with E-state index in [0.29, 0.717) is 12.1 Å². The maximum Gasteiger partial charge on any atom is 0.251 e. The molecule has 5 heteroatoms. The standard InChI is InChI=1S/C22H26N4O/c27-22(18-10-13-23-14-11-18)24-16-21-25-19-8-4-5-9-20(19)26(21)15-12-17-6-2-1-3-7-17/h4-5,8-11,13-14,17H,1-3,6-7,12,15-16H2,(H,24,27). The van der Waals surface area contributed by atoms with E-state index in [0.717, 1.165) is 29.3 Å². The van der Waals surface area contributed by atoms with Crippen molar-refractivity contribution in [3.8, 4) is 0 Å². The molecule has 0 bridgehead atoms. The van der Waals surface area contributed by atoms with E-state index in [1.807, 2.05) is 12.1 Å². The van der Waals surface area contributed by atoms with Crippen LogP contribution in [-0.2, 0) is 13.1 Å². The summed E-state index contributed by atoms with van der Waals surface area (Å²) in [5.41, 5.74) is 2.77. The number of imidazole rings is 1. The van der Waals surface area contributed by atoms with Crippen molar-refractivity contribution >= 4 is 16.9 Å². The molecule has 0 atom stereocenters. The lowest BCUT2D eigenvalue weighted by Gasteiger charge is -2.22. The summed E-state index contributed by atoms with van der Waals surface area (Å²) >= 11 is 0. The quantitative estimate of drug-likeness (QED) is 0.710. The molecule has 1 saturated carbocycles. The Kier molecular flexibility index (Phi) is 5.47. The third-order valence-corrected chi connectivity index (χ3v) is 5.57. The zero-order chi connectivity index (χ0) is 18.5. The van der Waals surface area contributed by atoms with Gasteiger partial charge in [0.25, 0.3) is 5.91 Å². The van der Waals surface area contributed by atoms with Crippen molar-refractivity contribution in [1.29, 1.82) is 0 Å². The van der Waals surface area contributed by atoms with E-state index < -0.39 is 0 Å². The van der Waals surface area contributed by atoms with E-state index in [1.165, 1.54) is 38.5 Å². The van der Waals surface area contributed by atoms with Gasteiger partial charge in [-0.05, 0) is 36.6 Å². The number of carbonyl (C=O) groups excluding carboxylic acids is 1. The maximum atomic E-state index is 12.4. The molecule has 1 aliphatic rings. The number of aromatic nitrogens is 3. The molecule has 3 aromatic rings. The van der Waals surface area contributed by atoms with Gasteiger partial charge in [-0.1, -0.05) is 44.2 Å². The van der Waals surface area contributed by atoms with Crippen molar-refractivity contribution in [2.24, 2.45) is 5.92 Å². The van der Waals surface area contributed by atoms with Crippen LogP contribution in [0, 0.1) is 5.92 Å². The molecule has 0 saturated heterocycles. The van der Waals surface area contributed by atoms with Crippen LogP contribution in [0.25, 0.3) is 11.0 Å². The molecule has 5 nitrogen and oxygen atoms in total. The minimum Gasteiger partial charge on any atom is -0.345 e. The van der Waals surface area contributed by atoms with Crippen molar-refractivity contribution in [2.45, 2.75) is 51.6 Å². The summed E-state index contributed by atoms with van der Waals surface area (Å²) in [6.07, 6.45) is 11.3. The number of hydrogen-bond acceptors (Lipinski definition) is 3. The van der Waals surface area contributed by atoms with E-state index >= 15 is 0 Å². The number of aryl methyl sites for hydroxylation is 1. The van der Waals surface area contributed by atoms with Crippen LogP contribution < -0.4 is 5.32 Å². The van der Waals surface area contributed by atoms with E-state index in [2.05, 4.69) is 27.0 Å². The summed E-state index contributed by atoms with van der Waals surface area (Å²) in [5.74, 6) is 1.65. The lowest BCUT2D eigenvalue weighted by molar-refractivity contribution is 0.0949. The van der Waals surface area contributed by atoms with Gasteiger partial charge in [-0.15, -0.1) is 0 Å². The molecule has 2 heterocycles. The average molecular weight is 362 g/mol. The maximum absolute atomic E-state index is 12.4. The zero-order valence-corrected chi connectivity index (χ0v) is 15.6. The van der Waals surface area contributed by atoms with E-state index in [9.17, 15) is 4.79 Å². The first-order valence-corrected chi connectivity index (χ1v) is 9.93. The third kappa shape index (κ3) is 4.18. The Morgan fingerprint density at radius 3 is 2.67 bits per heavy atom. The molecule has 1 aromatic carbocycles. The van der Waals surface area contributed by atoms with Crippen molar-refractivity contribution in [2.75, 3.05) is 0 Å². The molecule has 1 N–H and O–H groups in total. The number of nitrogens with zero attached hydrogens (tertiary/aromatic N) is 3. The van der Waals surface area contributed by atoms with Gasteiger partial charge in [-0.2, -0.15) is 0 Å².